The van der Waals surface area contributed by atoms with Crippen LogP contribution in [-0.2, 0) is 10.2 Å². The van der Waals surface area contributed by atoms with E-state index in [0.29, 0.717) is 18.7 Å². The number of nitrogens with zero attached hydrogens (tertiary/aromatic N) is 3. The summed E-state index contributed by atoms with van der Waals surface area (Å²) in [5, 5.41) is 5.13. The monoisotopic (exact) mass is 421 g/mol. The van der Waals surface area contributed by atoms with Crippen molar-refractivity contribution in [2.75, 3.05) is 30.8 Å². The first kappa shape index (κ1) is 19.6. The van der Waals surface area contributed by atoms with Gasteiger partial charge in [-0.3, -0.25) is 4.98 Å². The smallest absolute Gasteiger partial charge is 0.323 e. The number of carbonyl (C=O) groups is 1. The lowest BCUT2D eigenvalue weighted by Crippen LogP contribution is -2.34. The number of nitrogens with one attached hydrogen (secondary N) is 2. The van der Waals surface area contributed by atoms with Gasteiger partial charge in [-0.2, -0.15) is 17.0 Å². The van der Waals surface area contributed by atoms with Crippen LogP contribution < -0.4 is 15.4 Å². The summed E-state index contributed by atoms with van der Waals surface area (Å²) in [5.41, 5.74) is 0.711. The molecule has 9 nitrogen and oxygen atoms in total. The van der Waals surface area contributed by atoms with Crippen molar-refractivity contribution in [3.8, 4) is 5.75 Å². The third-order valence-electron chi connectivity index (χ3n) is 4.84. The number of pyridine rings is 1. The van der Waals surface area contributed by atoms with E-state index >= 15 is 0 Å². The molecule has 1 aromatic carbocycles. The van der Waals surface area contributed by atoms with E-state index in [-0.39, 0.29) is 30.1 Å². The van der Waals surface area contributed by atoms with Gasteiger partial charge in [0.05, 0.1) is 18.4 Å². The molecule has 2 saturated heterocycles. The zero-order valence-electron chi connectivity index (χ0n) is 15.6. The van der Waals surface area contributed by atoms with Gasteiger partial charge in [0.2, 0.25) is 0 Å². The van der Waals surface area contributed by atoms with E-state index in [1.807, 2.05) is 0 Å². The van der Waals surface area contributed by atoms with Gasteiger partial charge in [-0.15, -0.1) is 0 Å². The second kappa shape index (κ2) is 7.58. The number of ether oxygens (including phenoxy) is 1. The molecule has 11 heteroatoms. The van der Waals surface area contributed by atoms with Crippen LogP contribution in [0.15, 0.2) is 42.7 Å². The molecule has 0 radical (unpaired) electrons. The van der Waals surface area contributed by atoms with Crippen LogP contribution in [0.3, 0.4) is 0 Å². The standard InChI is InChI=1S/C18H20FN5O4S/c1-23-10-15-8-17(11-24(15)29(23,26)27)28-16-6-12(19)5-14(7-16)22-18(25)21-13-3-2-4-20-9-13/h2-7,9,15,17H,8,10-11H2,1H3,(H2,21,22,25)/t15-,17-/m1/s1. The average molecular weight is 421 g/mol. The number of benzene rings is 1. The Labute approximate surface area is 167 Å². The van der Waals surface area contributed by atoms with E-state index in [9.17, 15) is 17.6 Å². The molecule has 2 aliphatic rings. The van der Waals surface area contributed by atoms with Gasteiger partial charge in [0.25, 0.3) is 10.2 Å². The first-order valence-electron chi connectivity index (χ1n) is 8.99. The molecule has 2 amide bonds. The third kappa shape index (κ3) is 4.16. The Balaban J connectivity index is 1.41. The van der Waals surface area contributed by atoms with Crippen LogP contribution in [0.5, 0.6) is 5.75 Å². The molecule has 0 aliphatic carbocycles. The zero-order valence-corrected chi connectivity index (χ0v) is 16.4. The van der Waals surface area contributed by atoms with Crippen LogP contribution in [0.4, 0.5) is 20.6 Å². The highest BCUT2D eigenvalue weighted by Crippen LogP contribution is 2.32. The van der Waals surface area contributed by atoms with Gasteiger partial charge in [0.1, 0.15) is 17.7 Å². The predicted molar refractivity (Wildman–Crippen MR) is 104 cm³/mol. The van der Waals surface area contributed by atoms with E-state index < -0.39 is 22.1 Å². The van der Waals surface area contributed by atoms with Crippen LogP contribution >= 0.6 is 0 Å². The largest absolute Gasteiger partial charge is 0.489 e. The fourth-order valence-corrected chi connectivity index (χ4v) is 5.18. The number of amides is 2. The Kier molecular flexibility index (Phi) is 5.11. The summed E-state index contributed by atoms with van der Waals surface area (Å²) < 4.78 is 47.0. The van der Waals surface area contributed by atoms with E-state index in [1.54, 1.807) is 25.4 Å². The second-order valence-corrected chi connectivity index (χ2v) is 8.97. The molecule has 1 aromatic heterocycles. The Morgan fingerprint density at radius 3 is 2.76 bits per heavy atom. The molecule has 2 atom stereocenters. The minimum Gasteiger partial charge on any atom is -0.489 e. The Morgan fingerprint density at radius 1 is 1.24 bits per heavy atom. The number of aromatic nitrogens is 1. The third-order valence-corrected chi connectivity index (χ3v) is 6.81. The zero-order chi connectivity index (χ0) is 20.6. The topological polar surface area (TPSA) is 104 Å². The maximum absolute atomic E-state index is 14.0. The van der Waals surface area contributed by atoms with Gasteiger partial charge < -0.3 is 15.4 Å². The molecular weight excluding hydrogens is 401 g/mol. The first-order valence-corrected chi connectivity index (χ1v) is 10.4. The van der Waals surface area contributed by atoms with Gasteiger partial charge in [-0.1, -0.05) is 0 Å². The van der Waals surface area contributed by atoms with Gasteiger partial charge >= 0.3 is 6.03 Å². The first-order chi connectivity index (χ1) is 13.8. The molecule has 0 unspecified atom stereocenters. The molecule has 4 rings (SSSR count). The van der Waals surface area contributed by atoms with Crippen LogP contribution in [0, 0.1) is 5.82 Å². The number of fused-ring (bicyclic) bond motifs is 1. The number of halogens is 1. The molecule has 29 heavy (non-hydrogen) atoms. The number of anilines is 2. The molecule has 2 N–H and O–H groups in total. The molecule has 0 saturated carbocycles. The minimum atomic E-state index is -3.45. The van der Waals surface area contributed by atoms with Gasteiger partial charge in [-0.05, 0) is 18.2 Å². The molecule has 0 bridgehead atoms. The fraction of sp³-hybridized carbons (Fsp3) is 0.333. The lowest BCUT2D eigenvalue weighted by molar-refractivity contribution is 0.211. The van der Waals surface area contributed by atoms with Crippen LogP contribution in [0.1, 0.15) is 6.42 Å². The van der Waals surface area contributed by atoms with E-state index in [2.05, 4.69) is 15.6 Å². The molecule has 2 aliphatic heterocycles. The van der Waals surface area contributed by atoms with Crippen molar-refractivity contribution in [3.05, 3.63) is 48.5 Å². The summed E-state index contributed by atoms with van der Waals surface area (Å²) in [7, 11) is -1.90. The van der Waals surface area contributed by atoms with E-state index in [0.717, 1.165) is 0 Å². The lowest BCUT2D eigenvalue weighted by atomic mass is 10.2. The van der Waals surface area contributed by atoms with Crippen molar-refractivity contribution in [3.63, 3.8) is 0 Å². The number of urea groups is 1. The Morgan fingerprint density at radius 2 is 2.03 bits per heavy atom. The molecule has 2 fully saturated rings. The molecule has 3 heterocycles. The molecule has 0 spiro atoms. The maximum atomic E-state index is 14.0. The highest BCUT2D eigenvalue weighted by atomic mass is 32.2. The number of carbonyl (C=O) groups excluding carboxylic acids is 1. The van der Waals surface area contributed by atoms with Gasteiger partial charge in [0, 0.05) is 50.1 Å². The SMILES string of the molecule is CN1C[C@H]2C[C@@H](Oc3cc(F)cc(NC(=O)Nc4cccnc4)c3)CN2S1(=O)=O. The summed E-state index contributed by atoms with van der Waals surface area (Å²) in [4.78, 5) is 16.0. The van der Waals surface area contributed by atoms with Crippen LogP contribution in [0.25, 0.3) is 0 Å². The number of likely N-dealkylation sites (N-methyl/N-ethyl adjacent to an activating group) is 1. The van der Waals surface area contributed by atoms with Crippen molar-refractivity contribution in [2.24, 2.45) is 0 Å². The minimum absolute atomic E-state index is 0.147. The van der Waals surface area contributed by atoms with Crippen molar-refractivity contribution in [1.29, 1.82) is 0 Å². The molecule has 2 aromatic rings. The van der Waals surface area contributed by atoms with Gasteiger partial charge in [0.15, 0.2) is 0 Å². The lowest BCUT2D eigenvalue weighted by Gasteiger charge is -2.18. The van der Waals surface area contributed by atoms with Crippen molar-refractivity contribution in [1.82, 2.24) is 13.6 Å². The average Bonchev–Trinajstić information content (AvgIpc) is 3.12. The number of hydrogen-bond acceptors (Lipinski definition) is 5. The quantitative estimate of drug-likeness (QED) is 0.785. The number of hydrogen-bond donors (Lipinski definition) is 2. The highest BCUT2D eigenvalue weighted by Gasteiger charge is 2.48. The van der Waals surface area contributed by atoms with Crippen molar-refractivity contribution in [2.45, 2.75) is 18.6 Å². The summed E-state index contributed by atoms with van der Waals surface area (Å²) >= 11 is 0. The fourth-order valence-electron chi connectivity index (χ4n) is 3.57. The van der Waals surface area contributed by atoms with E-state index in [4.69, 9.17) is 4.74 Å². The predicted octanol–water partition coefficient (Wildman–Crippen LogP) is 1.88. The van der Waals surface area contributed by atoms with E-state index in [1.165, 1.54) is 33.0 Å². The Hall–Kier alpha value is -2.76. The highest BCUT2D eigenvalue weighted by molar-refractivity contribution is 7.87. The summed E-state index contributed by atoms with van der Waals surface area (Å²) in [5.74, 6) is -0.358. The maximum Gasteiger partial charge on any atom is 0.323 e. The summed E-state index contributed by atoms with van der Waals surface area (Å²) in [6.07, 6.45) is 3.19. The second-order valence-electron chi connectivity index (χ2n) is 6.98. The molecule has 154 valence electrons. The van der Waals surface area contributed by atoms with Crippen LogP contribution in [0.2, 0.25) is 0 Å². The number of rotatable bonds is 4. The summed E-state index contributed by atoms with van der Waals surface area (Å²) in [6.45, 7) is 0.616. The molecular formula is C18H20FN5O4S. The Bertz CT molecular complexity index is 1020. The van der Waals surface area contributed by atoms with Crippen molar-refractivity contribution >= 4 is 27.6 Å². The van der Waals surface area contributed by atoms with Gasteiger partial charge in [-0.25, -0.2) is 9.18 Å². The normalized spacial score (nSPS) is 23.5. The summed E-state index contributed by atoms with van der Waals surface area (Å²) in [6, 6.07) is 6.52. The van der Waals surface area contributed by atoms with Crippen LogP contribution in [-0.4, -0.2) is 60.3 Å². The van der Waals surface area contributed by atoms with Crippen molar-refractivity contribution < 1.29 is 22.3 Å².